The number of carbonyl (C=O) groups is 1. The van der Waals surface area contributed by atoms with E-state index in [4.69, 9.17) is 18.0 Å². The number of rotatable bonds is 4. The van der Waals surface area contributed by atoms with E-state index in [2.05, 4.69) is 5.32 Å². The van der Waals surface area contributed by atoms with Crippen molar-refractivity contribution in [3.8, 4) is 11.5 Å². The summed E-state index contributed by atoms with van der Waals surface area (Å²) in [5.41, 5.74) is 5.43. The molecule has 1 aromatic carbocycles. The molecule has 5 N–H and O–H groups in total. The number of hydrogen-bond donors (Lipinski definition) is 4. The van der Waals surface area contributed by atoms with Gasteiger partial charge in [0.05, 0.1) is 16.6 Å². The van der Waals surface area contributed by atoms with Gasteiger partial charge in [-0.25, -0.2) is 0 Å². The number of aromatic hydroxyl groups is 2. The molecule has 1 amide bonds. The molecule has 1 rings (SSSR count). The highest BCUT2D eigenvalue weighted by molar-refractivity contribution is 7.80. The zero-order chi connectivity index (χ0) is 13.0. The molecule has 1 aromatic rings. The number of carbonyl (C=O) groups excluding carboxylic acids is 1. The Labute approximate surface area is 104 Å². The second-order valence-electron chi connectivity index (χ2n) is 3.51. The average Bonchev–Trinajstić information content (AvgIpc) is 2.28. The fourth-order valence-electron chi connectivity index (χ4n) is 1.32. The molecule has 0 bridgehead atoms. The molecule has 0 heterocycles. The van der Waals surface area contributed by atoms with E-state index in [9.17, 15) is 15.0 Å². The van der Waals surface area contributed by atoms with Gasteiger partial charge in [0.25, 0.3) is 5.91 Å². The van der Waals surface area contributed by atoms with Crippen molar-refractivity contribution in [2.75, 3.05) is 0 Å². The maximum atomic E-state index is 11.8. The fourth-order valence-corrected chi connectivity index (χ4v) is 1.55. The first-order valence-corrected chi connectivity index (χ1v) is 5.49. The predicted octanol–water partition coefficient (Wildman–Crippen LogP) is 0.892. The van der Waals surface area contributed by atoms with Gasteiger partial charge >= 0.3 is 0 Å². The zero-order valence-corrected chi connectivity index (χ0v) is 10.1. The Morgan fingerprint density at radius 1 is 1.53 bits per heavy atom. The molecule has 0 spiro atoms. The lowest BCUT2D eigenvalue weighted by Crippen LogP contribution is -2.43. The van der Waals surface area contributed by atoms with Crippen molar-refractivity contribution in [2.24, 2.45) is 5.73 Å². The number of hydrogen-bond acceptors (Lipinski definition) is 4. The first-order chi connectivity index (χ1) is 7.97. The molecule has 0 aromatic heterocycles. The maximum Gasteiger partial charge on any atom is 0.255 e. The van der Waals surface area contributed by atoms with Crippen LogP contribution in [0.25, 0.3) is 0 Å². The van der Waals surface area contributed by atoms with Gasteiger partial charge < -0.3 is 21.3 Å². The van der Waals surface area contributed by atoms with Crippen molar-refractivity contribution in [1.29, 1.82) is 0 Å². The summed E-state index contributed by atoms with van der Waals surface area (Å²) in [5.74, 6) is -1.33. The summed E-state index contributed by atoms with van der Waals surface area (Å²) >= 11 is 4.79. The number of benzene rings is 1. The fraction of sp³-hybridized carbons (Fsp3) is 0.273. The first-order valence-electron chi connectivity index (χ1n) is 5.08. The zero-order valence-electron chi connectivity index (χ0n) is 9.30. The van der Waals surface area contributed by atoms with Crippen LogP contribution in [0, 0.1) is 0 Å². The molecule has 92 valence electrons. The van der Waals surface area contributed by atoms with Crippen LogP contribution in [0.3, 0.4) is 0 Å². The Bertz CT molecular complexity index is 448. The van der Waals surface area contributed by atoms with E-state index >= 15 is 0 Å². The molecule has 6 heteroatoms. The van der Waals surface area contributed by atoms with Crippen molar-refractivity contribution >= 4 is 23.1 Å². The standard InChI is InChI=1S/C11H14N2O3S/c1-2-7(10(12)17)13-11(16)6-4-3-5-8(14)9(6)15/h3-5,7,14-15H,2H2,1H3,(H2,12,17)(H,13,16). The number of phenolic OH excluding ortho intramolecular Hbond substituents is 2. The van der Waals surface area contributed by atoms with Gasteiger partial charge in [-0.05, 0) is 18.6 Å². The molecule has 5 nitrogen and oxygen atoms in total. The SMILES string of the molecule is CCC(NC(=O)c1cccc(O)c1O)C(N)=S. The highest BCUT2D eigenvalue weighted by atomic mass is 32.1. The number of phenols is 2. The van der Waals surface area contributed by atoms with Gasteiger partial charge in [0.1, 0.15) is 0 Å². The molecule has 0 aliphatic heterocycles. The van der Waals surface area contributed by atoms with Crippen LogP contribution in [0.4, 0.5) is 0 Å². The van der Waals surface area contributed by atoms with Crippen molar-refractivity contribution in [1.82, 2.24) is 5.32 Å². The summed E-state index contributed by atoms with van der Waals surface area (Å²) in [5, 5.41) is 21.4. The van der Waals surface area contributed by atoms with Gasteiger partial charge in [0.15, 0.2) is 11.5 Å². The molecule has 0 radical (unpaired) electrons. The van der Waals surface area contributed by atoms with E-state index in [0.717, 1.165) is 0 Å². The largest absolute Gasteiger partial charge is 0.504 e. The van der Waals surface area contributed by atoms with Crippen molar-refractivity contribution in [3.05, 3.63) is 23.8 Å². The minimum Gasteiger partial charge on any atom is -0.504 e. The third-order valence-electron chi connectivity index (χ3n) is 2.32. The van der Waals surface area contributed by atoms with Gasteiger partial charge in [-0.2, -0.15) is 0 Å². The number of thiocarbonyl (C=S) groups is 1. The molecule has 0 aliphatic carbocycles. The number of nitrogens with one attached hydrogen (secondary N) is 1. The highest BCUT2D eigenvalue weighted by Gasteiger charge is 2.18. The van der Waals surface area contributed by atoms with Gasteiger partial charge in [0.2, 0.25) is 0 Å². The molecule has 0 fully saturated rings. The van der Waals surface area contributed by atoms with E-state index in [-0.39, 0.29) is 16.3 Å². The van der Waals surface area contributed by atoms with Crippen LogP contribution < -0.4 is 11.1 Å². The van der Waals surface area contributed by atoms with E-state index in [1.54, 1.807) is 0 Å². The van der Waals surface area contributed by atoms with Crippen LogP contribution in [0.1, 0.15) is 23.7 Å². The van der Waals surface area contributed by atoms with E-state index in [1.165, 1.54) is 18.2 Å². The Kier molecular flexibility index (Phi) is 4.28. The molecule has 0 aliphatic rings. The number of nitrogens with two attached hydrogens (primary N) is 1. The van der Waals surface area contributed by atoms with Crippen molar-refractivity contribution in [2.45, 2.75) is 19.4 Å². The molecule has 0 saturated heterocycles. The Morgan fingerprint density at radius 2 is 2.18 bits per heavy atom. The van der Waals surface area contributed by atoms with Crippen LogP contribution in [0.15, 0.2) is 18.2 Å². The number of amides is 1. The maximum absolute atomic E-state index is 11.8. The van der Waals surface area contributed by atoms with Gasteiger partial charge in [0, 0.05) is 0 Å². The first kappa shape index (κ1) is 13.2. The second-order valence-corrected chi connectivity index (χ2v) is 3.98. The Morgan fingerprint density at radius 3 is 2.71 bits per heavy atom. The minimum absolute atomic E-state index is 0.0142. The van der Waals surface area contributed by atoms with Crippen LogP contribution >= 0.6 is 12.2 Å². The van der Waals surface area contributed by atoms with Crippen LogP contribution in [0.5, 0.6) is 11.5 Å². The smallest absolute Gasteiger partial charge is 0.255 e. The summed E-state index contributed by atoms with van der Waals surface area (Å²) in [4.78, 5) is 12.0. The molecular weight excluding hydrogens is 240 g/mol. The molecule has 1 atom stereocenters. The van der Waals surface area contributed by atoms with Crippen LogP contribution in [0.2, 0.25) is 0 Å². The normalized spacial score (nSPS) is 11.8. The van der Waals surface area contributed by atoms with E-state index < -0.39 is 17.7 Å². The summed E-state index contributed by atoms with van der Waals surface area (Å²) in [6.45, 7) is 1.83. The topological polar surface area (TPSA) is 95.6 Å². The Hall–Kier alpha value is -1.82. The lowest BCUT2D eigenvalue weighted by Gasteiger charge is -2.15. The molecular formula is C11H14N2O3S. The molecule has 0 saturated carbocycles. The summed E-state index contributed by atoms with van der Waals surface area (Å²) in [7, 11) is 0. The van der Waals surface area contributed by atoms with Gasteiger partial charge in [-0.1, -0.05) is 25.2 Å². The van der Waals surface area contributed by atoms with Crippen LogP contribution in [-0.2, 0) is 0 Å². The predicted molar refractivity (Wildman–Crippen MR) is 68.1 cm³/mol. The van der Waals surface area contributed by atoms with E-state index in [0.29, 0.717) is 6.42 Å². The van der Waals surface area contributed by atoms with Crippen molar-refractivity contribution in [3.63, 3.8) is 0 Å². The lowest BCUT2D eigenvalue weighted by molar-refractivity contribution is 0.0943. The van der Waals surface area contributed by atoms with Gasteiger partial charge in [-0.3, -0.25) is 4.79 Å². The Balaban J connectivity index is 2.90. The summed E-state index contributed by atoms with van der Waals surface area (Å²) in [6, 6.07) is 3.72. The molecule has 17 heavy (non-hydrogen) atoms. The third kappa shape index (κ3) is 3.07. The lowest BCUT2D eigenvalue weighted by atomic mass is 10.1. The third-order valence-corrected chi connectivity index (χ3v) is 2.60. The van der Waals surface area contributed by atoms with Gasteiger partial charge in [-0.15, -0.1) is 0 Å². The van der Waals surface area contributed by atoms with Crippen LogP contribution in [-0.4, -0.2) is 27.2 Å². The second kappa shape index (κ2) is 5.49. The number of para-hydroxylation sites is 1. The monoisotopic (exact) mass is 254 g/mol. The summed E-state index contributed by atoms with van der Waals surface area (Å²) < 4.78 is 0. The highest BCUT2D eigenvalue weighted by Crippen LogP contribution is 2.27. The minimum atomic E-state index is -0.530. The van der Waals surface area contributed by atoms with Crippen molar-refractivity contribution < 1.29 is 15.0 Å². The van der Waals surface area contributed by atoms with E-state index in [1.807, 2.05) is 6.92 Å². The molecule has 1 unspecified atom stereocenters. The average molecular weight is 254 g/mol. The quantitative estimate of drug-likeness (QED) is 0.473. The summed E-state index contributed by atoms with van der Waals surface area (Å²) in [6.07, 6.45) is 0.556.